The zero-order chi connectivity index (χ0) is 15.0. The fourth-order valence-corrected chi connectivity index (χ4v) is 2.44. The third-order valence-electron chi connectivity index (χ3n) is 3.77. The third-order valence-corrected chi connectivity index (χ3v) is 3.77. The van der Waals surface area contributed by atoms with Crippen molar-refractivity contribution >= 4 is 11.4 Å². The first-order chi connectivity index (χ1) is 9.36. The van der Waals surface area contributed by atoms with Gasteiger partial charge in [0.25, 0.3) is 0 Å². The van der Waals surface area contributed by atoms with Gasteiger partial charge in [-0.05, 0) is 68.1 Å². The number of rotatable bonds is 2. The summed E-state index contributed by atoms with van der Waals surface area (Å²) in [5.41, 5.74) is 18.8. The molecule has 4 heteroatoms. The quantitative estimate of drug-likeness (QED) is 0.443. The Morgan fingerprint density at radius 1 is 0.850 bits per heavy atom. The molecule has 0 fully saturated rings. The van der Waals surface area contributed by atoms with E-state index in [0.717, 1.165) is 39.1 Å². The van der Waals surface area contributed by atoms with Crippen LogP contribution in [0.25, 0.3) is 11.1 Å². The van der Waals surface area contributed by atoms with Gasteiger partial charge in [0, 0.05) is 22.5 Å². The van der Waals surface area contributed by atoms with Gasteiger partial charge < -0.3 is 16.4 Å². The number of aryl methyl sites for hydroxylation is 3. The zero-order valence-electron chi connectivity index (χ0n) is 12.2. The van der Waals surface area contributed by atoms with Gasteiger partial charge in [-0.3, -0.25) is 0 Å². The molecular formula is C16H20N2O2. The van der Waals surface area contributed by atoms with Crippen LogP contribution in [0.4, 0.5) is 11.4 Å². The normalized spacial score (nSPS) is 10.7. The van der Waals surface area contributed by atoms with Crippen molar-refractivity contribution in [3.63, 3.8) is 0 Å². The summed E-state index contributed by atoms with van der Waals surface area (Å²) in [6.07, 6.45) is 0. The maximum absolute atomic E-state index is 9.19. The minimum absolute atomic E-state index is 0.386. The third kappa shape index (κ3) is 2.18. The van der Waals surface area contributed by atoms with Crippen LogP contribution in [-0.4, -0.2) is 5.26 Å². The lowest BCUT2D eigenvalue weighted by molar-refractivity contribution is -0.137. The molecule has 0 aliphatic carbocycles. The topological polar surface area (TPSA) is 81.5 Å². The second-order valence-electron chi connectivity index (χ2n) is 5.22. The lowest BCUT2D eigenvalue weighted by Crippen LogP contribution is -2.01. The molecule has 0 atom stereocenters. The van der Waals surface area contributed by atoms with E-state index in [2.05, 4.69) is 4.89 Å². The van der Waals surface area contributed by atoms with Gasteiger partial charge in [0.1, 0.15) is 0 Å². The van der Waals surface area contributed by atoms with E-state index in [1.165, 1.54) is 0 Å². The number of hydrogen-bond acceptors (Lipinski definition) is 4. The summed E-state index contributed by atoms with van der Waals surface area (Å²) in [6, 6.07) is 5.88. The Labute approximate surface area is 118 Å². The lowest BCUT2D eigenvalue weighted by Gasteiger charge is -2.16. The highest BCUT2D eigenvalue weighted by molar-refractivity contribution is 5.80. The van der Waals surface area contributed by atoms with Gasteiger partial charge in [0.15, 0.2) is 5.75 Å². The van der Waals surface area contributed by atoms with Crippen molar-refractivity contribution in [3.8, 4) is 16.9 Å². The van der Waals surface area contributed by atoms with Crippen LogP contribution in [0.5, 0.6) is 5.75 Å². The summed E-state index contributed by atoms with van der Waals surface area (Å²) >= 11 is 0. The average molecular weight is 272 g/mol. The van der Waals surface area contributed by atoms with E-state index in [9.17, 15) is 5.26 Å². The molecule has 0 saturated carbocycles. The highest BCUT2D eigenvalue weighted by Gasteiger charge is 2.16. The van der Waals surface area contributed by atoms with Crippen molar-refractivity contribution in [1.82, 2.24) is 0 Å². The van der Waals surface area contributed by atoms with E-state index in [-0.39, 0.29) is 0 Å². The van der Waals surface area contributed by atoms with Crippen LogP contribution >= 0.6 is 0 Å². The van der Waals surface area contributed by atoms with Gasteiger partial charge in [-0.25, -0.2) is 5.26 Å². The molecule has 2 rings (SSSR count). The molecule has 0 heterocycles. The van der Waals surface area contributed by atoms with Crippen molar-refractivity contribution in [2.45, 2.75) is 27.7 Å². The van der Waals surface area contributed by atoms with Crippen LogP contribution in [0.2, 0.25) is 0 Å². The largest absolute Gasteiger partial charge is 0.398 e. The maximum atomic E-state index is 9.19. The number of benzene rings is 2. The molecule has 0 aliphatic heterocycles. The van der Waals surface area contributed by atoms with Crippen LogP contribution in [0, 0.1) is 27.7 Å². The Morgan fingerprint density at radius 3 is 1.85 bits per heavy atom. The van der Waals surface area contributed by atoms with Gasteiger partial charge in [0.2, 0.25) is 0 Å². The molecule has 0 amide bonds. The Bertz CT molecular complexity index is 656. The van der Waals surface area contributed by atoms with E-state index in [4.69, 9.17) is 11.5 Å². The average Bonchev–Trinajstić information content (AvgIpc) is 2.41. The molecule has 0 aromatic heterocycles. The molecule has 0 bridgehead atoms. The summed E-state index contributed by atoms with van der Waals surface area (Å²) in [6.45, 7) is 7.68. The highest BCUT2D eigenvalue weighted by Crippen LogP contribution is 2.39. The second kappa shape index (κ2) is 5.06. The Morgan fingerprint density at radius 2 is 1.35 bits per heavy atom. The standard InChI is InChI=1S/C16H20N2O2/c1-8-5-12(6-9(2)14(8)17)13-7-10(3)15(18)11(4)16(13)20-19/h5-7,19H,17-18H2,1-4H3. The smallest absolute Gasteiger partial charge is 0.177 e. The molecule has 106 valence electrons. The van der Waals surface area contributed by atoms with Crippen molar-refractivity contribution in [2.75, 3.05) is 11.5 Å². The van der Waals surface area contributed by atoms with Crippen molar-refractivity contribution < 1.29 is 10.1 Å². The SMILES string of the molecule is Cc1cc(-c2cc(C)c(N)c(C)c2OO)cc(C)c1N. The van der Waals surface area contributed by atoms with Gasteiger partial charge in [-0.15, -0.1) is 0 Å². The van der Waals surface area contributed by atoms with Crippen LogP contribution in [0.3, 0.4) is 0 Å². The summed E-state index contributed by atoms with van der Waals surface area (Å²) in [7, 11) is 0. The van der Waals surface area contributed by atoms with E-state index in [1.54, 1.807) is 0 Å². The summed E-state index contributed by atoms with van der Waals surface area (Å²) < 4.78 is 0. The number of anilines is 2. The molecule has 0 radical (unpaired) electrons. The fourth-order valence-electron chi connectivity index (χ4n) is 2.44. The maximum Gasteiger partial charge on any atom is 0.177 e. The van der Waals surface area contributed by atoms with Crippen LogP contribution < -0.4 is 16.4 Å². The first kappa shape index (κ1) is 14.2. The van der Waals surface area contributed by atoms with E-state index < -0.39 is 0 Å². The van der Waals surface area contributed by atoms with Crippen LogP contribution in [0.1, 0.15) is 22.3 Å². The van der Waals surface area contributed by atoms with Crippen molar-refractivity contribution in [2.24, 2.45) is 0 Å². The Hall–Kier alpha value is -2.20. The van der Waals surface area contributed by atoms with Gasteiger partial charge in [-0.2, -0.15) is 0 Å². The highest BCUT2D eigenvalue weighted by atomic mass is 17.1. The Balaban J connectivity index is 2.76. The molecule has 4 nitrogen and oxygen atoms in total. The predicted molar refractivity (Wildman–Crippen MR) is 82.9 cm³/mol. The van der Waals surface area contributed by atoms with E-state index in [1.807, 2.05) is 45.9 Å². The molecule has 0 unspecified atom stereocenters. The first-order valence-corrected chi connectivity index (χ1v) is 6.45. The molecule has 2 aromatic rings. The number of nitrogen functional groups attached to an aromatic ring is 2. The van der Waals surface area contributed by atoms with E-state index in [0.29, 0.717) is 11.4 Å². The summed E-state index contributed by atoms with van der Waals surface area (Å²) in [5, 5.41) is 9.19. The molecule has 2 aromatic carbocycles. The number of nitrogens with two attached hydrogens (primary N) is 2. The first-order valence-electron chi connectivity index (χ1n) is 6.45. The molecule has 0 spiro atoms. The predicted octanol–water partition coefficient (Wildman–Crippen LogP) is 3.60. The monoisotopic (exact) mass is 272 g/mol. The van der Waals surface area contributed by atoms with Gasteiger partial charge >= 0.3 is 0 Å². The Kier molecular flexibility index (Phi) is 3.59. The summed E-state index contributed by atoms with van der Waals surface area (Å²) in [4.78, 5) is 4.57. The number of hydrogen-bond donors (Lipinski definition) is 3. The lowest BCUT2D eigenvalue weighted by atomic mass is 9.94. The molecular weight excluding hydrogens is 252 g/mol. The second-order valence-corrected chi connectivity index (χ2v) is 5.22. The minimum atomic E-state index is 0.386. The minimum Gasteiger partial charge on any atom is -0.398 e. The van der Waals surface area contributed by atoms with Gasteiger partial charge in [-0.1, -0.05) is 0 Å². The van der Waals surface area contributed by atoms with Gasteiger partial charge in [0.05, 0.1) is 0 Å². The van der Waals surface area contributed by atoms with Crippen LogP contribution in [0.15, 0.2) is 18.2 Å². The van der Waals surface area contributed by atoms with E-state index >= 15 is 0 Å². The van der Waals surface area contributed by atoms with Crippen LogP contribution in [-0.2, 0) is 0 Å². The summed E-state index contributed by atoms with van der Waals surface area (Å²) in [5.74, 6) is 0.386. The zero-order valence-corrected chi connectivity index (χ0v) is 12.2. The van der Waals surface area contributed by atoms with Crippen molar-refractivity contribution in [3.05, 3.63) is 40.5 Å². The molecule has 0 saturated heterocycles. The van der Waals surface area contributed by atoms with Crippen molar-refractivity contribution in [1.29, 1.82) is 0 Å². The fraction of sp³-hybridized carbons (Fsp3) is 0.250. The molecule has 0 aliphatic rings. The molecule has 20 heavy (non-hydrogen) atoms. The molecule has 5 N–H and O–H groups in total.